The van der Waals surface area contributed by atoms with Crippen molar-refractivity contribution in [3.05, 3.63) is 23.3 Å². The molecule has 2 saturated heterocycles. The number of ether oxygens (including phenoxy) is 5. The van der Waals surface area contributed by atoms with Gasteiger partial charge in [-0.05, 0) is 121 Å². The first kappa shape index (κ1) is 39.1. The lowest BCUT2D eigenvalue weighted by Crippen LogP contribution is -2.41. The van der Waals surface area contributed by atoms with Gasteiger partial charge in [-0.1, -0.05) is 6.07 Å². The predicted molar refractivity (Wildman–Crippen MR) is 183 cm³/mol. The summed E-state index contributed by atoms with van der Waals surface area (Å²) < 4.78 is 41.2. The van der Waals surface area contributed by atoms with E-state index < -0.39 is 53.3 Å². The second kappa shape index (κ2) is 14.3. The first-order valence-corrected chi connectivity index (χ1v) is 16.6. The van der Waals surface area contributed by atoms with Gasteiger partial charge in [0.05, 0.1) is 17.7 Å². The van der Waals surface area contributed by atoms with Gasteiger partial charge in [0.1, 0.15) is 40.1 Å². The Morgan fingerprint density at radius 2 is 1.46 bits per heavy atom. The molecule has 1 aromatic rings. The van der Waals surface area contributed by atoms with Gasteiger partial charge >= 0.3 is 25.3 Å². The van der Waals surface area contributed by atoms with Crippen molar-refractivity contribution in [3.8, 4) is 11.5 Å². The molecule has 1 aromatic carbocycles. The zero-order chi connectivity index (χ0) is 36.5. The van der Waals surface area contributed by atoms with Crippen LogP contribution >= 0.6 is 0 Å². The highest BCUT2D eigenvalue weighted by Gasteiger charge is 2.50. The maximum atomic E-state index is 13.9. The molecule has 2 heterocycles. The van der Waals surface area contributed by atoms with Crippen molar-refractivity contribution in [2.75, 3.05) is 13.1 Å². The highest BCUT2D eigenvalue weighted by Crippen LogP contribution is 2.40. The van der Waals surface area contributed by atoms with Gasteiger partial charge in [0.15, 0.2) is 5.75 Å². The maximum Gasteiger partial charge on any atom is 0.514 e. The number of hydrogen-bond donors (Lipinski definition) is 0. The van der Waals surface area contributed by atoms with Crippen molar-refractivity contribution in [2.45, 2.75) is 150 Å². The average Bonchev–Trinajstić information content (AvgIpc) is 3.40. The van der Waals surface area contributed by atoms with E-state index in [-0.39, 0.29) is 23.2 Å². The second-order valence-electron chi connectivity index (χ2n) is 16.3. The summed E-state index contributed by atoms with van der Waals surface area (Å²) in [6.07, 6.45) is -0.651. The van der Waals surface area contributed by atoms with Crippen LogP contribution in [0.5, 0.6) is 11.5 Å². The molecule has 1 amide bonds. The highest BCUT2D eigenvalue weighted by atomic mass is 16.7. The molecular weight excluding hydrogens is 619 g/mol. The SMILES string of the molecule is CC(=NC(=O)OC(C)(C)C)N1CC[C@H](Oc2ccc(CCB3OC(C)(C)C(C)(C)O3)c(OC(=O)OC(C)(C)C)c2C(=O)OC(C)(C)C)C1. The summed E-state index contributed by atoms with van der Waals surface area (Å²) in [5, 5.41) is 0. The summed E-state index contributed by atoms with van der Waals surface area (Å²) in [6, 6.07) is 3.45. The quantitative estimate of drug-likeness (QED) is 0.0716. The molecule has 0 aliphatic carbocycles. The van der Waals surface area contributed by atoms with Crippen LogP contribution in [0.3, 0.4) is 0 Å². The van der Waals surface area contributed by atoms with Crippen molar-refractivity contribution in [2.24, 2.45) is 4.99 Å². The van der Waals surface area contributed by atoms with E-state index in [1.54, 1.807) is 81.4 Å². The minimum Gasteiger partial charge on any atom is -0.487 e. The van der Waals surface area contributed by atoms with Gasteiger partial charge in [0, 0.05) is 13.0 Å². The lowest BCUT2D eigenvalue weighted by Gasteiger charge is -2.32. The number of esters is 1. The average molecular weight is 675 g/mol. The molecule has 48 heavy (non-hydrogen) atoms. The van der Waals surface area contributed by atoms with E-state index in [0.717, 1.165) is 0 Å². The standard InChI is InChI=1S/C35H55BN2O10/c1-22(37-29(40)45-32(5,6)7)38-20-18-24(21-38)42-25-16-15-23(17-19-36-47-34(11,12)35(13,14)48-36)27(43-30(41)46-33(8,9)10)26(25)28(39)44-31(2,3)4/h15-16,24H,17-21H2,1-14H3/t24-/m0/s1. The molecule has 3 rings (SSSR count). The van der Waals surface area contributed by atoms with Crippen molar-refractivity contribution in [1.29, 1.82) is 0 Å². The molecule has 268 valence electrons. The van der Waals surface area contributed by atoms with Gasteiger partial charge in [-0.25, -0.2) is 14.4 Å². The van der Waals surface area contributed by atoms with Crippen LogP contribution in [0.1, 0.15) is 119 Å². The van der Waals surface area contributed by atoms with E-state index in [2.05, 4.69) is 4.99 Å². The van der Waals surface area contributed by atoms with E-state index in [4.69, 9.17) is 33.0 Å². The first-order valence-electron chi connectivity index (χ1n) is 16.6. The van der Waals surface area contributed by atoms with Crippen LogP contribution in [0, 0.1) is 0 Å². The Hall–Kier alpha value is -3.32. The Kier molecular flexibility index (Phi) is 11.6. The molecular formula is C35H55BN2O10. The molecule has 12 nitrogen and oxygen atoms in total. The lowest BCUT2D eigenvalue weighted by molar-refractivity contribution is 0.00544. The fourth-order valence-corrected chi connectivity index (χ4v) is 5.04. The van der Waals surface area contributed by atoms with E-state index in [0.29, 0.717) is 43.7 Å². The Morgan fingerprint density at radius 1 is 0.896 bits per heavy atom. The lowest BCUT2D eigenvalue weighted by atomic mass is 9.81. The molecule has 0 unspecified atom stereocenters. The fraction of sp³-hybridized carbons (Fsp3) is 0.714. The monoisotopic (exact) mass is 674 g/mol. The number of aliphatic imine (C=N–C) groups is 1. The van der Waals surface area contributed by atoms with Gasteiger partial charge in [-0.15, -0.1) is 0 Å². The van der Waals surface area contributed by atoms with Gasteiger partial charge < -0.3 is 37.9 Å². The molecule has 0 radical (unpaired) electrons. The van der Waals surface area contributed by atoms with Crippen LogP contribution in [-0.2, 0) is 29.9 Å². The summed E-state index contributed by atoms with van der Waals surface area (Å²) in [4.78, 5) is 45.2. The molecule has 2 aliphatic rings. The molecule has 1 atom stereocenters. The normalized spacial score (nSPS) is 19.6. The Bertz CT molecular complexity index is 1370. The van der Waals surface area contributed by atoms with Crippen LogP contribution in [0.4, 0.5) is 9.59 Å². The van der Waals surface area contributed by atoms with Crippen LogP contribution in [-0.4, -0.2) is 83.3 Å². The van der Waals surface area contributed by atoms with Crippen LogP contribution in [0.25, 0.3) is 0 Å². The van der Waals surface area contributed by atoms with Crippen molar-refractivity contribution in [1.82, 2.24) is 4.90 Å². The van der Waals surface area contributed by atoms with Crippen molar-refractivity contribution in [3.63, 3.8) is 0 Å². The number of carbonyl (C=O) groups is 3. The number of carbonyl (C=O) groups excluding carboxylic acids is 3. The summed E-state index contributed by atoms with van der Waals surface area (Å²) in [7, 11) is -0.514. The highest BCUT2D eigenvalue weighted by molar-refractivity contribution is 6.45. The molecule has 2 fully saturated rings. The van der Waals surface area contributed by atoms with Crippen LogP contribution in [0.15, 0.2) is 17.1 Å². The molecule has 13 heteroatoms. The largest absolute Gasteiger partial charge is 0.514 e. The molecule has 0 aromatic heterocycles. The zero-order valence-electron chi connectivity index (χ0n) is 31.3. The Morgan fingerprint density at radius 3 is 2.00 bits per heavy atom. The third-order valence-electron chi connectivity index (χ3n) is 7.87. The fourth-order valence-electron chi connectivity index (χ4n) is 5.04. The van der Waals surface area contributed by atoms with E-state index in [1.807, 2.05) is 32.6 Å². The Labute approximate surface area is 286 Å². The summed E-state index contributed by atoms with van der Waals surface area (Å²) in [5.41, 5.74) is -2.86. The van der Waals surface area contributed by atoms with Gasteiger partial charge in [-0.2, -0.15) is 4.99 Å². The summed E-state index contributed by atoms with van der Waals surface area (Å²) in [6.45, 7) is 26.4. The number of aryl methyl sites for hydroxylation is 1. The number of hydrogen-bond acceptors (Lipinski definition) is 10. The zero-order valence-corrected chi connectivity index (χ0v) is 31.3. The van der Waals surface area contributed by atoms with E-state index in [1.165, 1.54) is 0 Å². The minimum absolute atomic E-state index is 0.00922. The number of amides is 1. The maximum absolute atomic E-state index is 13.9. The summed E-state index contributed by atoms with van der Waals surface area (Å²) in [5.74, 6) is -0.0402. The summed E-state index contributed by atoms with van der Waals surface area (Å²) >= 11 is 0. The smallest absolute Gasteiger partial charge is 0.487 e. The van der Waals surface area contributed by atoms with Gasteiger partial charge in [0.25, 0.3) is 0 Å². The number of rotatable bonds is 7. The van der Waals surface area contributed by atoms with E-state index >= 15 is 0 Å². The van der Waals surface area contributed by atoms with E-state index in [9.17, 15) is 14.4 Å². The topological polar surface area (TPSA) is 131 Å². The predicted octanol–water partition coefficient (Wildman–Crippen LogP) is 7.40. The van der Waals surface area contributed by atoms with Crippen LogP contribution < -0.4 is 9.47 Å². The number of amidine groups is 1. The number of likely N-dealkylation sites (tertiary alicyclic amines) is 1. The molecule has 0 saturated carbocycles. The third-order valence-corrected chi connectivity index (χ3v) is 7.87. The van der Waals surface area contributed by atoms with Gasteiger partial charge in [0.2, 0.25) is 0 Å². The second-order valence-corrected chi connectivity index (χ2v) is 16.3. The van der Waals surface area contributed by atoms with Gasteiger partial charge in [-0.3, -0.25) is 0 Å². The van der Waals surface area contributed by atoms with Crippen LogP contribution in [0.2, 0.25) is 6.32 Å². The van der Waals surface area contributed by atoms with Crippen molar-refractivity contribution >= 4 is 31.2 Å². The number of nitrogens with zero attached hydrogens (tertiary/aromatic N) is 2. The Balaban J connectivity index is 1.97. The minimum atomic E-state index is -0.970. The molecule has 0 spiro atoms. The molecule has 2 aliphatic heterocycles. The molecule has 0 N–H and O–H groups in total. The first-order chi connectivity index (χ1) is 21.8. The van der Waals surface area contributed by atoms with Crippen molar-refractivity contribution < 1.29 is 47.4 Å². The molecule has 0 bridgehead atoms. The number of benzene rings is 1. The third kappa shape index (κ3) is 11.1.